The average Bonchev–Trinajstić information content (AvgIpc) is 2.80. The third-order valence-corrected chi connectivity index (χ3v) is 2.54. The van der Waals surface area contributed by atoms with Gasteiger partial charge < -0.3 is 10.1 Å². The minimum absolute atomic E-state index is 0.252. The zero-order chi connectivity index (χ0) is 8.39. The average molecular weight is 169 g/mol. The summed E-state index contributed by atoms with van der Waals surface area (Å²) in [5.41, 5.74) is 0. The first-order valence-corrected chi connectivity index (χ1v) is 4.71. The first-order chi connectivity index (χ1) is 5.86. The molecule has 1 atom stereocenters. The summed E-state index contributed by atoms with van der Waals surface area (Å²) in [4.78, 5) is 11.2. The normalized spacial score (nSPS) is 28.8. The van der Waals surface area contributed by atoms with Gasteiger partial charge in [-0.3, -0.25) is 4.79 Å². The summed E-state index contributed by atoms with van der Waals surface area (Å²) in [6.45, 7) is 2.50. The first kappa shape index (κ1) is 8.05. The van der Waals surface area contributed by atoms with Crippen molar-refractivity contribution < 1.29 is 9.53 Å². The van der Waals surface area contributed by atoms with Crippen molar-refractivity contribution in [3.63, 3.8) is 0 Å². The lowest BCUT2D eigenvalue weighted by molar-refractivity contribution is -0.122. The molecule has 1 aliphatic carbocycles. The maximum absolute atomic E-state index is 11.2. The second-order valence-electron chi connectivity index (χ2n) is 3.75. The molecule has 1 saturated heterocycles. The van der Waals surface area contributed by atoms with Crippen LogP contribution in [0.25, 0.3) is 0 Å². The van der Waals surface area contributed by atoms with Crippen LogP contribution in [0.3, 0.4) is 0 Å². The number of rotatable bonds is 3. The van der Waals surface area contributed by atoms with Gasteiger partial charge in [0.1, 0.15) is 0 Å². The number of ether oxygens (including phenoxy) is 1. The van der Waals surface area contributed by atoms with E-state index in [-0.39, 0.29) is 5.91 Å². The standard InChI is InChI=1S/C9H15NO2/c11-9(8-1-2-8)10-5-7-3-4-12-6-7/h7-8H,1-6H2,(H,10,11). The van der Waals surface area contributed by atoms with E-state index in [1.54, 1.807) is 0 Å². The molecule has 0 bridgehead atoms. The van der Waals surface area contributed by atoms with Crippen molar-refractivity contribution in [3.05, 3.63) is 0 Å². The van der Waals surface area contributed by atoms with E-state index in [0.717, 1.165) is 39.0 Å². The fraction of sp³-hybridized carbons (Fsp3) is 0.889. The fourth-order valence-corrected chi connectivity index (χ4v) is 1.48. The highest BCUT2D eigenvalue weighted by Crippen LogP contribution is 2.28. The van der Waals surface area contributed by atoms with Crippen LogP contribution >= 0.6 is 0 Å². The van der Waals surface area contributed by atoms with E-state index in [1.165, 1.54) is 0 Å². The van der Waals surface area contributed by atoms with Gasteiger partial charge in [0.05, 0.1) is 6.61 Å². The second-order valence-corrected chi connectivity index (χ2v) is 3.75. The maximum atomic E-state index is 11.2. The van der Waals surface area contributed by atoms with E-state index in [0.29, 0.717) is 11.8 Å². The Morgan fingerprint density at radius 1 is 1.42 bits per heavy atom. The Labute approximate surface area is 72.5 Å². The molecule has 1 aliphatic heterocycles. The SMILES string of the molecule is O=C(NCC1CCOC1)C1CC1. The maximum Gasteiger partial charge on any atom is 0.223 e. The topological polar surface area (TPSA) is 38.3 Å². The predicted octanol–water partition coefficient (Wildman–Crippen LogP) is 0.549. The molecule has 0 aromatic heterocycles. The van der Waals surface area contributed by atoms with Crippen molar-refractivity contribution >= 4 is 5.91 Å². The fourth-order valence-electron chi connectivity index (χ4n) is 1.48. The highest BCUT2D eigenvalue weighted by molar-refractivity contribution is 5.80. The van der Waals surface area contributed by atoms with Crippen LogP contribution in [-0.2, 0) is 9.53 Å². The van der Waals surface area contributed by atoms with E-state index in [2.05, 4.69) is 5.32 Å². The van der Waals surface area contributed by atoms with Crippen molar-refractivity contribution in [2.45, 2.75) is 19.3 Å². The van der Waals surface area contributed by atoms with E-state index in [1.807, 2.05) is 0 Å². The van der Waals surface area contributed by atoms with Crippen LogP contribution < -0.4 is 5.32 Å². The Morgan fingerprint density at radius 3 is 2.83 bits per heavy atom. The van der Waals surface area contributed by atoms with Crippen LogP contribution in [-0.4, -0.2) is 25.7 Å². The van der Waals surface area contributed by atoms with Crippen molar-refractivity contribution in [3.8, 4) is 0 Å². The van der Waals surface area contributed by atoms with E-state index in [9.17, 15) is 4.79 Å². The Kier molecular flexibility index (Phi) is 2.30. The number of hydrogen-bond acceptors (Lipinski definition) is 2. The minimum atomic E-state index is 0.252. The zero-order valence-electron chi connectivity index (χ0n) is 7.21. The van der Waals surface area contributed by atoms with Gasteiger partial charge in [-0.2, -0.15) is 0 Å². The van der Waals surface area contributed by atoms with Crippen LogP contribution in [0.15, 0.2) is 0 Å². The van der Waals surface area contributed by atoms with Crippen LogP contribution in [0.4, 0.5) is 0 Å². The summed E-state index contributed by atoms with van der Waals surface area (Å²) in [5.74, 6) is 1.15. The molecule has 2 rings (SSSR count). The van der Waals surface area contributed by atoms with Gasteiger partial charge in [-0.05, 0) is 19.3 Å². The smallest absolute Gasteiger partial charge is 0.223 e. The van der Waals surface area contributed by atoms with Gasteiger partial charge >= 0.3 is 0 Å². The lowest BCUT2D eigenvalue weighted by Gasteiger charge is -2.08. The number of nitrogens with one attached hydrogen (secondary N) is 1. The van der Waals surface area contributed by atoms with Gasteiger partial charge in [-0.1, -0.05) is 0 Å². The highest BCUT2D eigenvalue weighted by atomic mass is 16.5. The molecule has 2 fully saturated rings. The summed E-state index contributed by atoms with van der Waals surface area (Å²) in [6.07, 6.45) is 3.28. The monoisotopic (exact) mass is 169 g/mol. The van der Waals surface area contributed by atoms with Crippen molar-refractivity contribution in [2.75, 3.05) is 19.8 Å². The number of carbonyl (C=O) groups excluding carboxylic acids is 1. The minimum Gasteiger partial charge on any atom is -0.381 e. The number of hydrogen-bond donors (Lipinski definition) is 1. The van der Waals surface area contributed by atoms with Crippen LogP contribution in [0, 0.1) is 11.8 Å². The van der Waals surface area contributed by atoms with Gasteiger partial charge in [0, 0.05) is 25.0 Å². The molecule has 0 radical (unpaired) electrons. The van der Waals surface area contributed by atoms with E-state index in [4.69, 9.17) is 4.74 Å². The molecule has 12 heavy (non-hydrogen) atoms. The zero-order valence-corrected chi connectivity index (χ0v) is 7.21. The molecular weight excluding hydrogens is 154 g/mol. The second kappa shape index (κ2) is 3.44. The summed E-state index contributed by atoms with van der Waals surface area (Å²) in [5, 5.41) is 2.97. The molecule has 1 saturated carbocycles. The summed E-state index contributed by atoms with van der Waals surface area (Å²) < 4.78 is 5.21. The predicted molar refractivity (Wildman–Crippen MR) is 44.7 cm³/mol. The van der Waals surface area contributed by atoms with Crippen LogP contribution in [0.5, 0.6) is 0 Å². The van der Waals surface area contributed by atoms with Gasteiger partial charge in [0.2, 0.25) is 5.91 Å². The molecule has 3 heteroatoms. The van der Waals surface area contributed by atoms with Gasteiger partial charge in [0.25, 0.3) is 0 Å². The molecule has 2 aliphatic rings. The molecule has 0 aromatic carbocycles. The number of carbonyl (C=O) groups is 1. The lowest BCUT2D eigenvalue weighted by atomic mass is 10.1. The Bertz CT molecular complexity index is 171. The molecule has 1 N–H and O–H groups in total. The molecular formula is C9H15NO2. The van der Waals surface area contributed by atoms with Crippen molar-refractivity contribution in [1.29, 1.82) is 0 Å². The van der Waals surface area contributed by atoms with Gasteiger partial charge in [-0.15, -0.1) is 0 Å². The Morgan fingerprint density at radius 2 is 2.25 bits per heavy atom. The van der Waals surface area contributed by atoms with E-state index < -0.39 is 0 Å². The Hall–Kier alpha value is -0.570. The van der Waals surface area contributed by atoms with Crippen molar-refractivity contribution in [2.24, 2.45) is 11.8 Å². The largest absolute Gasteiger partial charge is 0.381 e. The summed E-state index contributed by atoms with van der Waals surface area (Å²) in [7, 11) is 0. The molecule has 0 spiro atoms. The molecule has 68 valence electrons. The third kappa shape index (κ3) is 1.97. The number of amides is 1. The molecule has 3 nitrogen and oxygen atoms in total. The van der Waals surface area contributed by atoms with Gasteiger partial charge in [0.15, 0.2) is 0 Å². The van der Waals surface area contributed by atoms with Crippen molar-refractivity contribution in [1.82, 2.24) is 5.32 Å². The molecule has 1 unspecified atom stereocenters. The molecule has 1 heterocycles. The summed E-state index contributed by atoms with van der Waals surface area (Å²) in [6, 6.07) is 0. The molecule has 0 aromatic rings. The highest BCUT2D eigenvalue weighted by Gasteiger charge is 2.29. The van der Waals surface area contributed by atoms with E-state index >= 15 is 0 Å². The van der Waals surface area contributed by atoms with Crippen LogP contribution in [0.1, 0.15) is 19.3 Å². The van der Waals surface area contributed by atoms with Gasteiger partial charge in [-0.25, -0.2) is 0 Å². The molecule has 1 amide bonds. The first-order valence-electron chi connectivity index (χ1n) is 4.71. The lowest BCUT2D eigenvalue weighted by Crippen LogP contribution is -2.30. The summed E-state index contributed by atoms with van der Waals surface area (Å²) >= 11 is 0. The third-order valence-electron chi connectivity index (χ3n) is 2.54. The van der Waals surface area contributed by atoms with Crippen LogP contribution in [0.2, 0.25) is 0 Å². The Balaban J connectivity index is 1.63. The quantitative estimate of drug-likeness (QED) is 0.670.